The zero-order valence-electron chi connectivity index (χ0n) is 14.0. The lowest BCUT2D eigenvalue weighted by Crippen LogP contribution is -2.41. The van der Waals surface area contributed by atoms with E-state index in [1.54, 1.807) is 17.4 Å². The van der Waals surface area contributed by atoms with Crippen LogP contribution in [0.2, 0.25) is 0 Å². The summed E-state index contributed by atoms with van der Waals surface area (Å²) in [6, 6.07) is 3.93. The van der Waals surface area contributed by atoms with Gasteiger partial charge in [0.2, 0.25) is 5.91 Å². The summed E-state index contributed by atoms with van der Waals surface area (Å²) >= 11 is 2.76. The second kappa shape index (κ2) is 8.35. The number of amides is 2. The van der Waals surface area contributed by atoms with Gasteiger partial charge >= 0.3 is 0 Å². The highest BCUT2D eigenvalue weighted by atomic mass is 32.1. The molecular weight excluding hydrogens is 356 g/mol. The Balaban J connectivity index is 1.41. The predicted octanol–water partition coefficient (Wildman–Crippen LogP) is 2.59. The van der Waals surface area contributed by atoms with Gasteiger partial charge in [0.05, 0.1) is 5.69 Å². The predicted molar refractivity (Wildman–Crippen MR) is 99.6 cm³/mol. The monoisotopic (exact) mass is 376 g/mol. The number of carbonyl (C=O) groups excluding carboxylic acids is 2. The van der Waals surface area contributed by atoms with Crippen LogP contribution in [0.1, 0.15) is 33.1 Å². The second-order valence-corrected chi connectivity index (χ2v) is 7.75. The number of piperidine rings is 1. The fourth-order valence-electron chi connectivity index (χ4n) is 2.76. The molecule has 0 bridgehead atoms. The van der Waals surface area contributed by atoms with Crippen molar-refractivity contribution in [3.05, 3.63) is 39.0 Å². The molecule has 0 aliphatic carbocycles. The SMILES string of the molecule is Cc1nnsc1C(=O)N1CCC(CNC(=O)/C=C/c2cccs2)CC1. The normalized spacial score (nSPS) is 15.6. The molecule has 0 unspecified atom stereocenters. The molecular formula is C17H20N4O2S2. The second-order valence-electron chi connectivity index (χ2n) is 6.02. The van der Waals surface area contributed by atoms with Crippen LogP contribution in [0.4, 0.5) is 0 Å². The molecule has 0 spiro atoms. The molecule has 0 saturated carbocycles. The van der Waals surface area contributed by atoms with Crippen LogP contribution < -0.4 is 5.32 Å². The van der Waals surface area contributed by atoms with Gasteiger partial charge in [-0.05, 0) is 54.7 Å². The van der Waals surface area contributed by atoms with E-state index in [1.165, 1.54) is 0 Å². The topological polar surface area (TPSA) is 75.2 Å². The summed E-state index contributed by atoms with van der Waals surface area (Å²) in [4.78, 5) is 27.9. The van der Waals surface area contributed by atoms with Crippen LogP contribution >= 0.6 is 22.9 Å². The molecule has 25 heavy (non-hydrogen) atoms. The van der Waals surface area contributed by atoms with Gasteiger partial charge in [-0.3, -0.25) is 9.59 Å². The largest absolute Gasteiger partial charge is 0.352 e. The Bertz CT molecular complexity index is 747. The van der Waals surface area contributed by atoms with Crippen molar-refractivity contribution < 1.29 is 9.59 Å². The lowest BCUT2D eigenvalue weighted by molar-refractivity contribution is -0.116. The molecule has 1 N–H and O–H groups in total. The Morgan fingerprint density at radius 1 is 1.40 bits per heavy atom. The van der Waals surface area contributed by atoms with Crippen molar-refractivity contribution in [2.45, 2.75) is 19.8 Å². The Labute approximate surface area is 154 Å². The first-order chi connectivity index (χ1) is 12.1. The summed E-state index contributed by atoms with van der Waals surface area (Å²) in [5.74, 6) is 0.357. The molecule has 2 amide bonds. The first-order valence-corrected chi connectivity index (χ1v) is 9.86. The molecule has 0 radical (unpaired) electrons. The van der Waals surface area contributed by atoms with Gasteiger partial charge in [-0.2, -0.15) is 0 Å². The van der Waals surface area contributed by atoms with Gasteiger partial charge in [0.15, 0.2) is 0 Å². The molecule has 6 nitrogen and oxygen atoms in total. The summed E-state index contributed by atoms with van der Waals surface area (Å²) in [6.45, 7) is 3.88. The van der Waals surface area contributed by atoms with Crippen LogP contribution in [0.25, 0.3) is 6.08 Å². The van der Waals surface area contributed by atoms with E-state index in [1.807, 2.05) is 35.4 Å². The standard InChI is InChI=1S/C17H20N4O2S2/c1-12-16(25-20-19-12)17(23)21-8-6-13(7-9-21)11-18-15(22)5-4-14-3-2-10-24-14/h2-5,10,13H,6-9,11H2,1H3,(H,18,22)/b5-4+. The van der Waals surface area contributed by atoms with Gasteiger partial charge in [-0.15, -0.1) is 16.4 Å². The molecule has 0 aromatic carbocycles. The summed E-state index contributed by atoms with van der Waals surface area (Å²) in [5, 5.41) is 8.84. The van der Waals surface area contributed by atoms with Gasteiger partial charge in [-0.25, -0.2) is 0 Å². The summed E-state index contributed by atoms with van der Waals surface area (Å²) in [5.41, 5.74) is 0.696. The van der Waals surface area contributed by atoms with E-state index < -0.39 is 0 Å². The van der Waals surface area contributed by atoms with Crippen molar-refractivity contribution in [3.8, 4) is 0 Å². The van der Waals surface area contributed by atoms with Gasteiger partial charge in [-0.1, -0.05) is 10.6 Å². The number of aryl methyl sites for hydroxylation is 1. The summed E-state index contributed by atoms with van der Waals surface area (Å²) in [7, 11) is 0. The fourth-order valence-corrected chi connectivity index (χ4v) is 4.00. The van der Waals surface area contributed by atoms with E-state index in [0.717, 1.165) is 29.3 Å². The average Bonchev–Trinajstić information content (AvgIpc) is 3.29. The zero-order valence-corrected chi connectivity index (χ0v) is 15.6. The Morgan fingerprint density at radius 2 is 2.20 bits per heavy atom. The molecule has 2 aromatic rings. The molecule has 0 atom stereocenters. The summed E-state index contributed by atoms with van der Waals surface area (Å²) < 4.78 is 3.83. The van der Waals surface area contributed by atoms with E-state index in [4.69, 9.17) is 0 Å². The van der Waals surface area contributed by atoms with E-state index in [9.17, 15) is 9.59 Å². The number of rotatable bonds is 5. The van der Waals surface area contributed by atoms with Crippen LogP contribution in [-0.4, -0.2) is 45.9 Å². The molecule has 1 fully saturated rings. The quantitative estimate of drug-likeness (QED) is 0.814. The van der Waals surface area contributed by atoms with Crippen LogP contribution in [0.3, 0.4) is 0 Å². The van der Waals surface area contributed by atoms with E-state index in [-0.39, 0.29) is 11.8 Å². The number of hydrogen-bond donors (Lipinski definition) is 1. The van der Waals surface area contributed by atoms with Gasteiger partial charge in [0.25, 0.3) is 5.91 Å². The number of hydrogen-bond acceptors (Lipinski definition) is 6. The molecule has 1 aliphatic rings. The maximum Gasteiger partial charge on any atom is 0.267 e. The van der Waals surface area contributed by atoms with E-state index >= 15 is 0 Å². The van der Waals surface area contributed by atoms with E-state index in [0.29, 0.717) is 36.1 Å². The minimum absolute atomic E-state index is 0.0221. The number of likely N-dealkylation sites (tertiary alicyclic amines) is 1. The number of nitrogens with zero attached hydrogens (tertiary/aromatic N) is 3. The Hall–Kier alpha value is -2.06. The lowest BCUT2D eigenvalue weighted by atomic mass is 9.96. The number of thiophene rings is 1. The van der Waals surface area contributed by atoms with Crippen molar-refractivity contribution in [2.24, 2.45) is 5.92 Å². The minimum Gasteiger partial charge on any atom is -0.352 e. The van der Waals surface area contributed by atoms with Crippen LogP contribution in [0.5, 0.6) is 0 Å². The molecule has 1 aliphatic heterocycles. The van der Waals surface area contributed by atoms with Crippen molar-refractivity contribution in [1.29, 1.82) is 0 Å². The van der Waals surface area contributed by atoms with Crippen LogP contribution in [-0.2, 0) is 4.79 Å². The fraction of sp³-hybridized carbons (Fsp3) is 0.412. The molecule has 1 saturated heterocycles. The van der Waals surface area contributed by atoms with Gasteiger partial charge < -0.3 is 10.2 Å². The number of aromatic nitrogens is 2. The number of nitrogens with one attached hydrogen (secondary N) is 1. The first-order valence-electron chi connectivity index (χ1n) is 8.21. The molecule has 3 heterocycles. The van der Waals surface area contributed by atoms with Crippen LogP contribution in [0.15, 0.2) is 23.6 Å². The third kappa shape index (κ3) is 4.73. The average molecular weight is 377 g/mol. The highest BCUT2D eigenvalue weighted by molar-refractivity contribution is 7.10. The maximum atomic E-state index is 12.4. The highest BCUT2D eigenvalue weighted by Crippen LogP contribution is 2.20. The number of carbonyl (C=O) groups is 2. The van der Waals surface area contributed by atoms with E-state index in [2.05, 4.69) is 14.9 Å². The smallest absolute Gasteiger partial charge is 0.267 e. The van der Waals surface area contributed by atoms with Crippen molar-refractivity contribution in [2.75, 3.05) is 19.6 Å². The van der Waals surface area contributed by atoms with Gasteiger partial charge in [0, 0.05) is 30.6 Å². The van der Waals surface area contributed by atoms with Crippen molar-refractivity contribution in [3.63, 3.8) is 0 Å². The first kappa shape index (κ1) is 17.8. The Kier molecular flexibility index (Phi) is 5.93. The third-order valence-corrected chi connectivity index (χ3v) is 5.91. The van der Waals surface area contributed by atoms with Crippen molar-refractivity contribution >= 4 is 40.8 Å². The zero-order chi connectivity index (χ0) is 17.6. The maximum absolute atomic E-state index is 12.4. The lowest BCUT2D eigenvalue weighted by Gasteiger charge is -2.31. The summed E-state index contributed by atoms with van der Waals surface area (Å²) in [6.07, 6.45) is 5.19. The van der Waals surface area contributed by atoms with Gasteiger partial charge in [0.1, 0.15) is 4.88 Å². The molecule has 2 aromatic heterocycles. The molecule has 3 rings (SSSR count). The third-order valence-electron chi connectivity index (χ3n) is 4.25. The minimum atomic E-state index is -0.0711. The molecule has 132 valence electrons. The Morgan fingerprint density at radius 3 is 2.84 bits per heavy atom. The van der Waals surface area contributed by atoms with Crippen LogP contribution in [0, 0.1) is 12.8 Å². The molecule has 8 heteroatoms. The highest BCUT2D eigenvalue weighted by Gasteiger charge is 2.26. The van der Waals surface area contributed by atoms with Crippen molar-refractivity contribution in [1.82, 2.24) is 19.8 Å².